The number of aryl methyl sites for hydroxylation is 1. The van der Waals surface area contributed by atoms with E-state index in [-0.39, 0.29) is 0 Å². The minimum absolute atomic E-state index is 0.352. The highest BCUT2D eigenvalue weighted by molar-refractivity contribution is 7.91. The van der Waals surface area contributed by atoms with E-state index in [1.165, 1.54) is 11.3 Å². The molecule has 0 amide bonds. The van der Waals surface area contributed by atoms with E-state index in [1.807, 2.05) is 18.4 Å². The molecule has 2 aromatic heterocycles. The van der Waals surface area contributed by atoms with Crippen molar-refractivity contribution in [2.45, 2.75) is 17.6 Å². The fourth-order valence-electron chi connectivity index (χ4n) is 2.59. The fraction of sp³-hybridized carbons (Fsp3) is 0.533. The SMILES string of the molecule is Cc1nc(-c2ccc(S(=O)(=O)NCCCN3CCNCC3)s2)cs1. The zero-order valence-electron chi connectivity index (χ0n) is 13.6. The molecule has 1 aliphatic heterocycles. The van der Waals surface area contributed by atoms with Crippen LogP contribution in [0, 0.1) is 6.92 Å². The second-order valence-corrected chi connectivity index (χ2v) is 9.85. The molecule has 2 aromatic rings. The summed E-state index contributed by atoms with van der Waals surface area (Å²) in [5, 5.41) is 6.25. The summed E-state index contributed by atoms with van der Waals surface area (Å²) in [6.07, 6.45) is 0.822. The van der Waals surface area contributed by atoms with Gasteiger partial charge in [-0.2, -0.15) is 0 Å². The summed E-state index contributed by atoms with van der Waals surface area (Å²) >= 11 is 2.84. The Balaban J connectivity index is 1.52. The number of hydrogen-bond acceptors (Lipinski definition) is 7. The van der Waals surface area contributed by atoms with Crippen LogP contribution in [0.15, 0.2) is 21.7 Å². The highest BCUT2D eigenvalue weighted by atomic mass is 32.2. The average Bonchev–Trinajstić information content (AvgIpc) is 3.22. The summed E-state index contributed by atoms with van der Waals surface area (Å²) in [7, 11) is -3.43. The van der Waals surface area contributed by atoms with Crippen molar-refractivity contribution in [3.63, 3.8) is 0 Å². The van der Waals surface area contributed by atoms with Gasteiger partial charge in [0.25, 0.3) is 0 Å². The zero-order valence-corrected chi connectivity index (χ0v) is 16.1. The number of hydrogen-bond donors (Lipinski definition) is 2. The van der Waals surface area contributed by atoms with Crippen LogP contribution in [0.25, 0.3) is 10.6 Å². The predicted octanol–water partition coefficient (Wildman–Crippen LogP) is 1.75. The quantitative estimate of drug-likeness (QED) is 0.709. The summed E-state index contributed by atoms with van der Waals surface area (Å²) in [5.74, 6) is 0. The molecule has 6 nitrogen and oxygen atoms in total. The molecule has 9 heteroatoms. The summed E-state index contributed by atoms with van der Waals surface area (Å²) in [5.41, 5.74) is 0.850. The highest BCUT2D eigenvalue weighted by Crippen LogP contribution is 2.31. The molecule has 0 unspecified atom stereocenters. The van der Waals surface area contributed by atoms with Crippen LogP contribution < -0.4 is 10.0 Å². The van der Waals surface area contributed by atoms with E-state index in [0.717, 1.165) is 54.7 Å². The Hall–Kier alpha value is -0.840. The molecule has 1 aliphatic rings. The van der Waals surface area contributed by atoms with Crippen LogP contribution in [-0.2, 0) is 10.0 Å². The third kappa shape index (κ3) is 4.62. The second kappa shape index (κ2) is 8.03. The molecule has 0 aromatic carbocycles. The molecule has 132 valence electrons. The number of rotatable bonds is 7. The molecule has 3 rings (SSSR count). The fourth-order valence-corrected chi connectivity index (χ4v) is 5.67. The summed E-state index contributed by atoms with van der Waals surface area (Å²) in [4.78, 5) is 7.66. The van der Waals surface area contributed by atoms with Gasteiger partial charge in [0, 0.05) is 38.1 Å². The molecular weight excluding hydrogens is 364 g/mol. The normalized spacial score (nSPS) is 16.5. The first-order chi connectivity index (χ1) is 11.5. The number of sulfonamides is 1. The number of thiazole rings is 1. The molecule has 0 atom stereocenters. The van der Waals surface area contributed by atoms with Crippen molar-refractivity contribution < 1.29 is 8.42 Å². The minimum atomic E-state index is -3.43. The summed E-state index contributed by atoms with van der Waals surface area (Å²) < 4.78 is 27.8. The smallest absolute Gasteiger partial charge is 0.250 e. The molecule has 0 aliphatic carbocycles. The Morgan fingerprint density at radius 3 is 2.83 bits per heavy atom. The van der Waals surface area contributed by atoms with Crippen LogP contribution in [0.1, 0.15) is 11.4 Å². The molecule has 24 heavy (non-hydrogen) atoms. The lowest BCUT2D eigenvalue weighted by molar-refractivity contribution is 0.239. The molecule has 1 fully saturated rings. The Kier molecular flexibility index (Phi) is 6.01. The highest BCUT2D eigenvalue weighted by Gasteiger charge is 2.18. The zero-order chi connectivity index (χ0) is 17.0. The van der Waals surface area contributed by atoms with Gasteiger partial charge in [-0.05, 0) is 32.0 Å². The van der Waals surface area contributed by atoms with E-state index in [9.17, 15) is 8.42 Å². The van der Waals surface area contributed by atoms with Gasteiger partial charge in [0.15, 0.2) is 0 Å². The number of nitrogens with zero attached hydrogens (tertiary/aromatic N) is 2. The average molecular weight is 387 g/mol. The first-order valence-electron chi connectivity index (χ1n) is 8.00. The van der Waals surface area contributed by atoms with E-state index in [4.69, 9.17) is 0 Å². The maximum absolute atomic E-state index is 12.4. The molecule has 0 saturated carbocycles. The van der Waals surface area contributed by atoms with Gasteiger partial charge in [-0.15, -0.1) is 22.7 Å². The van der Waals surface area contributed by atoms with Crippen LogP contribution in [0.4, 0.5) is 0 Å². The van der Waals surface area contributed by atoms with Gasteiger partial charge in [0.05, 0.1) is 15.6 Å². The Morgan fingerprint density at radius 2 is 2.12 bits per heavy atom. The van der Waals surface area contributed by atoms with Crippen molar-refractivity contribution in [2.24, 2.45) is 0 Å². The van der Waals surface area contributed by atoms with Crippen LogP contribution in [0.2, 0.25) is 0 Å². The van der Waals surface area contributed by atoms with E-state index in [1.54, 1.807) is 17.4 Å². The van der Waals surface area contributed by atoms with Gasteiger partial charge in [-0.25, -0.2) is 18.1 Å². The van der Waals surface area contributed by atoms with Gasteiger partial charge >= 0.3 is 0 Å². The number of nitrogens with one attached hydrogen (secondary N) is 2. The molecule has 0 radical (unpaired) electrons. The summed E-state index contributed by atoms with van der Waals surface area (Å²) in [6, 6.07) is 3.49. The Labute approximate surface area is 151 Å². The van der Waals surface area contributed by atoms with Crippen LogP contribution >= 0.6 is 22.7 Å². The minimum Gasteiger partial charge on any atom is -0.314 e. The number of piperazine rings is 1. The standard InChI is InChI=1S/C15H22N4O2S3/c1-12-18-13(11-22-12)14-3-4-15(23-14)24(20,21)17-5-2-8-19-9-6-16-7-10-19/h3-4,11,16-17H,2,5-10H2,1H3. The van der Waals surface area contributed by atoms with Crippen LogP contribution in [0.3, 0.4) is 0 Å². The lowest BCUT2D eigenvalue weighted by Crippen LogP contribution is -2.44. The maximum atomic E-state index is 12.4. The first-order valence-corrected chi connectivity index (χ1v) is 11.2. The van der Waals surface area contributed by atoms with Gasteiger partial charge in [-0.1, -0.05) is 0 Å². The second-order valence-electron chi connectivity index (χ2n) is 5.71. The molecule has 3 heterocycles. The van der Waals surface area contributed by atoms with E-state index < -0.39 is 10.0 Å². The first kappa shape index (κ1) is 18.0. The third-order valence-corrected chi connectivity index (χ3v) is 7.70. The third-order valence-electron chi connectivity index (χ3n) is 3.87. The van der Waals surface area contributed by atoms with Gasteiger partial charge in [-0.3, -0.25) is 0 Å². The van der Waals surface area contributed by atoms with Crippen molar-refractivity contribution in [1.29, 1.82) is 0 Å². The van der Waals surface area contributed by atoms with Gasteiger partial charge < -0.3 is 10.2 Å². The van der Waals surface area contributed by atoms with Crippen molar-refractivity contribution in [3.05, 3.63) is 22.5 Å². The predicted molar refractivity (Wildman–Crippen MR) is 99.3 cm³/mol. The van der Waals surface area contributed by atoms with E-state index in [0.29, 0.717) is 10.8 Å². The molecule has 1 saturated heterocycles. The summed E-state index contributed by atoms with van der Waals surface area (Å²) in [6.45, 7) is 7.44. The van der Waals surface area contributed by atoms with Gasteiger partial charge in [0.1, 0.15) is 4.21 Å². The molecule has 0 bridgehead atoms. The Morgan fingerprint density at radius 1 is 1.33 bits per heavy atom. The van der Waals surface area contributed by atoms with Crippen molar-refractivity contribution >= 4 is 32.7 Å². The topological polar surface area (TPSA) is 74.3 Å². The maximum Gasteiger partial charge on any atom is 0.250 e. The van der Waals surface area contributed by atoms with Gasteiger partial charge in [0.2, 0.25) is 10.0 Å². The van der Waals surface area contributed by atoms with Crippen LogP contribution in [-0.4, -0.2) is 57.6 Å². The van der Waals surface area contributed by atoms with Crippen molar-refractivity contribution in [1.82, 2.24) is 19.9 Å². The molecule has 0 spiro atoms. The Bertz CT molecular complexity index is 763. The lowest BCUT2D eigenvalue weighted by Gasteiger charge is -2.26. The number of aromatic nitrogens is 1. The van der Waals surface area contributed by atoms with Crippen molar-refractivity contribution in [2.75, 3.05) is 39.3 Å². The number of thiophene rings is 1. The van der Waals surface area contributed by atoms with Crippen molar-refractivity contribution in [3.8, 4) is 10.6 Å². The largest absolute Gasteiger partial charge is 0.314 e. The molecular formula is C15H22N4O2S3. The monoisotopic (exact) mass is 386 g/mol. The molecule has 2 N–H and O–H groups in total. The van der Waals surface area contributed by atoms with E-state index >= 15 is 0 Å². The van der Waals surface area contributed by atoms with E-state index in [2.05, 4.69) is 19.9 Å². The van der Waals surface area contributed by atoms with Crippen LogP contribution in [0.5, 0.6) is 0 Å². The lowest BCUT2D eigenvalue weighted by atomic mass is 10.3.